The molecule has 1 saturated heterocycles. The molecule has 2 aliphatic heterocycles. The Hall–Kier alpha value is 1.91. The van der Waals surface area contributed by atoms with Crippen LogP contribution in [0.5, 0.6) is 0 Å². The van der Waals surface area contributed by atoms with E-state index in [1.165, 1.54) is 5.57 Å². The van der Waals surface area contributed by atoms with E-state index in [4.69, 9.17) is 9.47 Å². The Bertz CT molecular complexity index is 728. The Balaban J connectivity index is 0.00000114. The van der Waals surface area contributed by atoms with Gasteiger partial charge in [-0.1, -0.05) is 0 Å². The molecule has 167 valence electrons. The molecule has 7 nitrogen and oxygen atoms in total. The molecule has 0 bridgehead atoms. The molecule has 3 fully saturated rings. The third-order valence-corrected chi connectivity index (χ3v) is 13.2. The number of hydrogen-bond donors (Lipinski definition) is 0. The van der Waals surface area contributed by atoms with Gasteiger partial charge >= 0.3 is 229 Å². The summed E-state index contributed by atoms with van der Waals surface area (Å²) in [6.45, 7) is 0. The van der Waals surface area contributed by atoms with E-state index in [0.717, 1.165) is 31.3 Å². The third-order valence-electron chi connectivity index (χ3n) is 7.75. The molecule has 0 aromatic rings. The van der Waals surface area contributed by atoms with Crippen molar-refractivity contribution in [3.63, 3.8) is 0 Å². The van der Waals surface area contributed by atoms with E-state index in [1.54, 1.807) is 0 Å². The van der Waals surface area contributed by atoms with Gasteiger partial charge in [0.1, 0.15) is 0 Å². The van der Waals surface area contributed by atoms with Crippen molar-refractivity contribution in [1.29, 1.82) is 0 Å². The predicted octanol–water partition coefficient (Wildman–Crippen LogP) is -2.98. The molecule has 2 saturated carbocycles. The van der Waals surface area contributed by atoms with E-state index in [0.29, 0.717) is 19.3 Å². The third kappa shape index (κ3) is 4.47. The number of hydrogen-bond acceptors (Lipinski definition) is 5. The molecule has 31 heavy (non-hydrogen) atoms. The predicted molar refractivity (Wildman–Crippen MR) is 108 cm³/mol. The number of carbonyl (C=O) groups excluding carboxylic acids is 1. The number of halogens is 2. The summed E-state index contributed by atoms with van der Waals surface area (Å²) in [4.78, 5) is 12.7. The summed E-state index contributed by atoms with van der Waals surface area (Å²) in [5.41, 5.74) is 1.40. The smallest absolute Gasteiger partial charge is 1.00 e. The molecule has 4 N–H and O–H groups in total. The quantitative estimate of drug-likeness (QED) is 0.147. The molecule has 5 aliphatic rings. The van der Waals surface area contributed by atoms with Gasteiger partial charge in [-0.15, -0.1) is 0 Å². The number of alkyl halides is 2. The maximum absolute atomic E-state index is 12.9. The van der Waals surface area contributed by atoms with Crippen LogP contribution >= 0.6 is 31.9 Å². The van der Waals surface area contributed by atoms with Gasteiger partial charge in [0.15, 0.2) is 0 Å². The molecule has 0 radical (unpaired) electrons. The Morgan fingerprint density at radius 1 is 1.00 bits per heavy atom. The van der Waals surface area contributed by atoms with E-state index >= 15 is 0 Å². The van der Waals surface area contributed by atoms with Gasteiger partial charge in [-0.2, -0.15) is 0 Å². The first-order valence-electron chi connectivity index (χ1n) is 10.4. The van der Waals surface area contributed by atoms with E-state index in [9.17, 15) is 15.0 Å². The zero-order valence-corrected chi connectivity index (χ0v) is 28.3. The molecule has 5 rings (SSSR count). The normalized spacial score (nSPS) is 48.3. The second-order valence-electron chi connectivity index (χ2n) is 9.10. The molecule has 0 aromatic carbocycles. The molecule has 0 amide bonds. The van der Waals surface area contributed by atoms with Gasteiger partial charge in [-0.25, -0.2) is 0 Å². The van der Waals surface area contributed by atoms with E-state index in [-0.39, 0.29) is 110 Å². The van der Waals surface area contributed by atoms with E-state index < -0.39 is 17.8 Å². The molecule has 2 heterocycles. The van der Waals surface area contributed by atoms with Crippen LogP contribution in [0.1, 0.15) is 44.9 Å². The molecule has 10 unspecified atom stereocenters. The van der Waals surface area contributed by atoms with Crippen LogP contribution in [0.25, 0.3) is 0 Å². The summed E-state index contributed by atoms with van der Waals surface area (Å²) < 4.78 is 12.9. The number of fused-ring (bicyclic) bond motifs is 5. The summed E-state index contributed by atoms with van der Waals surface area (Å²) in [6, 6.07) is 0. The molecular weight excluding hydrogens is 736 g/mol. The summed E-state index contributed by atoms with van der Waals surface area (Å²) in [5, 5.41) is 25.4. The number of ether oxygens (including phenoxy) is 2. The zero-order valence-electron chi connectivity index (χ0n) is 17.7. The van der Waals surface area contributed by atoms with Crippen LogP contribution < -0.4 is 39.8 Å². The van der Waals surface area contributed by atoms with Gasteiger partial charge in [0.05, 0.1) is 0 Å². The Labute approximate surface area is 237 Å². The molecule has 3 aliphatic carbocycles. The minimum Gasteiger partial charge on any atom is 1.00 e. The number of rotatable bonds is 0. The van der Waals surface area contributed by atoms with E-state index in [1.807, 2.05) is 0 Å². The Morgan fingerprint density at radius 3 is 2.35 bits per heavy atom. The second kappa shape index (κ2) is 10.9. The van der Waals surface area contributed by atoms with Crippen LogP contribution in [-0.2, 0) is 40.4 Å². The van der Waals surface area contributed by atoms with Crippen molar-refractivity contribution in [1.82, 2.24) is 0 Å². The van der Waals surface area contributed by atoms with Crippen molar-refractivity contribution in [3.05, 3.63) is 11.1 Å². The van der Waals surface area contributed by atoms with Gasteiger partial charge in [0.2, 0.25) is 0 Å². The minimum atomic E-state index is -0.722. The minimum absolute atomic E-state index is 0. The first-order chi connectivity index (χ1) is 13.3. The van der Waals surface area contributed by atoms with Gasteiger partial charge < -0.3 is 11.0 Å². The summed E-state index contributed by atoms with van der Waals surface area (Å²) in [7, 11) is 0. The van der Waals surface area contributed by atoms with Crippen LogP contribution in [0, 0.1) is 11.8 Å². The molecule has 11 heteroatoms. The summed E-state index contributed by atoms with van der Waals surface area (Å²) >= 11 is 7.49. The van der Waals surface area contributed by atoms with Crippen molar-refractivity contribution >= 4 is 37.8 Å². The van der Waals surface area contributed by atoms with Crippen LogP contribution in [-0.4, -0.2) is 56.6 Å². The Kier molecular flexibility index (Phi) is 10.2. The van der Waals surface area contributed by atoms with Crippen LogP contribution in [0.15, 0.2) is 11.1 Å². The monoisotopic (exact) mass is 762 g/mol. The topological polar surface area (TPSA) is 145 Å². The Morgan fingerprint density at radius 2 is 1.65 bits per heavy atom. The van der Waals surface area contributed by atoms with Crippen LogP contribution in [0.2, 0.25) is 3.43 Å². The SMILES string of the molecule is O.O.O=C1OC2(C3=C1CCCC3)C1CC(Br)C([O-])CC1OC1[CH]([Hg])C([O-])C(Br)CC12.[Na+]. The van der Waals surface area contributed by atoms with Gasteiger partial charge in [-0.3, -0.25) is 0 Å². The van der Waals surface area contributed by atoms with Crippen molar-refractivity contribution in [3.8, 4) is 0 Å². The van der Waals surface area contributed by atoms with Gasteiger partial charge in [-0.05, 0) is 0 Å². The van der Waals surface area contributed by atoms with E-state index in [2.05, 4.69) is 31.9 Å². The number of carbonyl (C=O) groups is 1. The fraction of sp³-hybridized carbons (Fsp3) is 0.850. The fourth-order valence-corrected chi connectivity index (χ4v) is 12.4. The largest absolute Gasteiger partial charge is 1.00 e. The standard InChI is InChI=1S/C20H23Br2O5.Hg.Na.2H2O/c21-13-5-11-17(7-15(13)23)26-18-8-16(24)14(22)6-12(18)20(11)10-4-2-1-3-9(10)19(25)27-20;;;;/h7,11-18H,1-6,8H2;;;2*1H2/q-2;;+1;;. The van der Waals surface area contributed by atoms with Crippen molar-refractivity contribution in [2.45, 2.75) is 88.0 Å². The van der Waals surface area contributed by atoms with Gasteiger partial charge in [0.25, 0.3) is 0 Å². The number of esters is 1. The maximum atomic E-state index is 12.9. The molecular formula is C20H27Br2HgNaO7-. The summed E-state index contributed by atoms with van der Waals surface area (Å²) in [6.07, 6.45) is 3.76. The van der Waals surface area contributed by atoms with Crippen LogP contribution in [0.3, 0.4) is 0 Å². The molecule has 0 aromatic heterocycles. The molecule has 1 spiro atoms. The average Bonchev–Trinajstić information content (AvgIpc) is 2.97. The first-order valence-corrected chi connectivity index (χ1v) is 15.4. The average molecular weight is 763 g/mol. The zero-order chi connectivity index (χ0) is 19.8. The van der Waals surface area contributed by atoms with Crippen molar-refractivity contribution in [2.24, 2.45) is 11.8 Å². The second-order valence-corrected chi connectivity index (χ2v) is 15.1. The first kappa shape index (κ1) is 29.1. The van der Waals surface area contributed by atoms with Crippen LogP contribution in [0.4, 0.5) is 0 Å². The van der Waals surface area contributed by atoms with Crippen molar-refractivity contribution in [2.75, 3.05) is 0 Å². The maximum Gasteiger partial charge on any atom is 1.00 e. The fourth-order valence-electron chi connectivity index (χ4n) is 6.48. The van der Waals surface area contributed by atoms with Gasteiger partial charge in [0, 0.05) is 0 Å². The summed E-state index contributed by atoms with van der Waals surface area (Å²) in [5.74, 6) is -0.140. The molecule has 10 atom stereocenters. The van der Waals surface area contributed by atoms with Crippen molar-refractivity contribution < 1.29 is 91.1 Å².